The maximum Gasteiger partial charge on any atom is 0.127 e. The summed E-state index contributed by atoms with van der Waals surface area (Å²) in [7, 11) is 3.31. The van der Waals surface area contributed by atoms with Gasteiger partial charge in [-0.15, -0.1) is 0 Å². The molecule has 3 heteroatoms. The first-order valence-corrected chi connectivity index (χ1v) is 6.20. The number of hydrogen-bond donors (Lipinski definition) is 1. The molecule has 3 nitrogen and oxygen atoms in total. The van der Waals surface area contributed by atoms with Crippen LogP contribution in [0.5, 0.6) is 11.5 Å². The van der Waals surface area contributed by atoms with Crippen LogP contribution < -0.4 is 15.2 Å². The number of rotatable bonds is 7. The van der Waals surface area contributed by atoms with E-state index in [4.69, 9.17) is 15.2 Å². The molecule has 0 saturated heterocycles. The predicted octanol–water partition coefficient (Wildman–Crippen LogP) is 3.28. The Morgan fingerprint density at radius 2 is 1.94 bits per heavy atom. The Morgan fingerprint density at radius 1 is 1.18 bits per heavy atom. The van der Waals surface area contributed by atoms with Gasteiger partial charge in [0.1, 0.15) is 11.5 Å². The van der Waals surface area contributed by atoms with E-state index < -0.39 is 0 Å². The Bertz CT molecular complexity index is 339. The minimum absolute atomic E-state index is 0.0439. The minimum atomic E-state index is 0.0439. The molecular formula is C14H23NO2. The first kappa shape index (κ1) is 13.8. The van der Waals surface area contributed by atoms with Gasteiger partial charge in [0, 0.05) is 17.7 Å². The summed E-state index contributed by atoms with van der Waals surface area (Å²) in [5.41, 5.74) is 7.24. The number of nitrogens with two attached hydrogens (primary N) is 1. The fourth-order valence-corrected chi connectivity index (χ4v) is 1.89. The van der Waals surface area contributed by atoms with E-state index in [0.717, 1.165) is 29.9 Å². The maximum absolute atomic E-state index is 6.18. The Morgan fingerprint density at radius 3 is 2.53 bits per heavy atom. The highest BCUT2D eigenvalue weighted by atomic mass is 16.5. The molecule has 0 heterocycles. The lowest BCUT2D eigenvalue weighted by molar-refractivity contribution is 0.387. The van der Waals surface area contributed by atoms with E-state index in [2.05, 4.69) is 6.92 Å². The van der Waals surface area contributed by atoms with Gasteiger partial charge in [0.25, 0.3) is 0 Å². The predicted molar refractivity (Wildman–Crippen MR) is 70.6 cm³/mol. The topological polar surface area (TPSA) is 44.5 Å². The summed E-state index contributed by atoms with van der Waals surface area (Å²) in [6.45, 7) is 2.19. The molecule has 17 heavy (non-hydrogen) atoms. The molecule has 2 N–H and O–H groups in total. The summed E-state index contributed by atoms with van der Waals surface area (Å²) in [5, 5.41) is 0. The van der Waals surface area contributed by atoms with Crippen molar-refractivity contribution in [1.82, 2.24) is 0 Å². The van der Waals surface area contributed by atoms with Crippen LogP contribution in [0.15, 0.2) is 18.2 Å². The van der Waals surface area contributed by atoms with Gasteiger partial charge in [-0.3, -0.25) is 0 Å². The maximum atomic E-state index is 6.18. The van der Waals surface area contributed by atoms with Crippen molar-refractivity contribution in [3.8, 4) is 11.5 Å². The fraction of sp³-hybridized carbons (Fsp3) is 0.571. The van der Waals surface area contributed by atoms with Crippen LogP contribution >= 0.6 is 0 Å². The van der Waals surface area contributed by atoms with E-state index >= 15 is 0 Å². The molecule has 0 unspecified atom stereocenters. The summed E-state index contributed by atoms with van der Waals surface area (Å²) >= 11 is 0. The molecule has 0 aliphatic carbocycles. The van der Waals surface area contributed by atoms with Gasteiger partial charge in [-0.05, 0) is 12.5 Å². The lowest BCUT2D eigenvalue weighted by atomic mass is 10.0. The number of ether oxygens (including phenoxy) is 2. The second-order valence-corrected chi connectivity index (χ2v) is 4.21. The van der Waals surface area contributed by atoms with Gasteiger partial charge in [0.15, 0.2) is 0 Å². The van der Waals surface area contributed by atoms with Crippen LogP contribution in [0.2, 0.25) is 0 Å². The van der Waals surface area contributed by atoms with Gasteiger partial charge >= 0.3 is 0 Å². The SMILES string of the molecule is CCCCC[C@@H](N)c1ccc(OC)cc1OC. The van der Waals surface area contributed by atoms with Crippen LogP contribution in [0, 0.1) is 0 Å². The molecule has 0 fully saturated rings. The van der Waals surface area contributed by atoms with Gasteiger partial charge in [-0.25, -0.2) is 0 Å². The van der Waals surface area contributed by atoms with E-state index in [1.807, 2.05) is 18.2 Å². The van der Waals surface area contributed by atoms with Crippen LogP contribution in [0.25, 0.3) is 0 Å². The van der Waals surface area contributed by atoms with Gasteiger partial charge < -0.3 is 15.2 Å². The molecule has 0 aromatic heterocycles. The number of hydrogen-bond acceptors (Lipinski definition) is 3. The standard InChI is InChI=1S/C14H23NO2/c1-4-5-6-7-13(15)12-9-8-11(16-2)10-14(12)17-3/h8-10,13H,4-7,15H2,1-3H3/t13-/m1/s1. The monoisotopic (exact) mass is 237 g/mol. The average Bonchev–Trinajstić information content (AvgIpc) is 2.38. The van der Waals surface area contributed by atoms with Gasteiger partial charge in [0.2, 0.25) is 0 Å². The lowest BCUT2D eigenvalue weighted by Crippen LogP contribution is -2.11. The molecular weight excluding hydrogens is 214 g/mol. The Labute approximate surface area is 104 Å². The van der Waals surface area contributed by atoms with Crippen LogP contribution in [-0.2, 0) is 0 Å². The molecule has 0 spiro atoms. The summed E-state index contributed by atoms with van der Waals surface area (Å²) in [6.07, 6.45) is 4.60. The Kier molecular flexibility index (Phi) is 5.84. The molecule has 1 rings (SSSR count). The highest BCUT2D eigenvalue weighted by molar-refractivity contribution is 5.42. The summed E-state index contributed by atoms with van der Waals surface area (Å²) in [4.78, 5) is 0. The molecule has 0 aliphatic rings. The first-order chi connectivity index (χ1) is 8.22. The highest BCUT2D eigenvalue weighted by Gasteiger charge is 2.12. The second kappa shape index (κ2) is 7.17. The number of unbranched alkanes of at least 4 members (excludes halogenated alkanes) is 2. The quantitative estimate of drug-likeness (QED) is 0.740. The van der Waals surface area contributed by atoms with Crippen LogP contribution in [0.3, 0.4) is 0 Å². The van der Waals surface area contributed by atoms with Crippen LogP contribution in [0.4, 0.5) is 0 Å². The van der Waals surface area contributed by atoms with Crippen molar-refractivity contribution >= 4 is 0 Å². The van der Waals surface area contributed by atoms with Crippen molar-refractivity contribution in [2.24, 2.45) is 5.73 Å². The summed E-state index contributed by atoms with van der Waals surface area (Å²) in [6, 6.07) is 5.85. The Balaban J connectivity index is 2.74. The third-order valence-corrected chi connectivity index (χ3v) is 2.96. The third-order valence-electron chi connectivity index (χ3n) is 2.96. The molecule has 0 saturated carbocycles. The summed E-state index contributed by atoms with van der Waals surface area (Å²) < 4.78 is 10.5. The zero-order chi connectivity index (χ0) is 12.7. The van der Waals surface area contributed by atoms with Gasteiger partial charge in [-0.2, -0.15) is 0 Å². The summed E-state index contributed by atoms with van der Waals surface area (Å²) in [5.74, 6) is 1.61. The fourth-order valence-electron chi connectivity index (χ4n) is 1.89. The Hall–Kier alpha value is -1.22. The third kappa shape index (κ3) is 3.93. The molecule has 0 bridgehead atoms. The van der Waals surface area contributed by atoms with E-state index in [1.54, 1.807) is 14.2 Å². The van der Waals surface area contributed by atoms with E-state index in [9.17, 15) is 0 Å². The molecule has 0 radical (unpaired) electrons. The van der Waals surface area contributed by atoms with Gasteiger partial charge in [0.05, 0.1) is 14.2 Å². The second-order valence-electron chi connectivity index (χ2n) is 4.21. The molecule has 1 aromatic rings. The zero-order valence-corrected chi connectivity index (χ0v) is 11.0. The van der Waals surface area contributed by atoms with E-state index in [1.165, 1.54) is 12.8 Å². The van der Waals surface area contributed by atoms with Crippen molar-refractivity contribution in [3.05, 3.63) is 23.8 Å². The van der Waals surface area contributed by atoms with Crippen molar-refractivity contribution in [2.45, 2.75) is 38.6 Å². The number of benzene rings is 1. The molecule has 1 aromatic carbocycles. The van der Waals surface area contributed by atoms with Crippen LogP contribution in [-0.4, -0.2) is 14.2 Å². The molecule has 0 amide bonds. The molecule has 96 valence electrons. The van der Waals surface area contributed by atoms with E-state index in [-0.39, 0.29) is 6.04 Å². The zero-order valence-electron chi connectivity index (χ0n) is 11.0. The number of methoxy groups -OCH3 is 2. The largest absolute Gasteiger partial charge is 0.497 e. The van der Waals surface area contributed by atoms with Crippen molar-refractivity contribution in [3.63, 3.8) is 0 Å². The van der Waals surface area contributed by atoms with Crippen molar-refractivity contribution < 1.29 is 9.47 Å². The highest BCUT2D eigenvalue weighted by Crippen LogP contribution is 2.30. The first-order valence-electron chi connectivity index (χ1n) is 6.20. The minimum Gasteiger partial charge on any atom is -0.497 e. The molecule has 1 atom stereocenters. The smallest absolute Gasteiger partial charge is 0.127 e. The average molecular weight is 237 g/mol. The normalized spacial score (nSPS) is 12.2. The van der Waals surface area contributed by atoms with Crippen molar-refractivity contribution in [2.75, 3.05) is 14.2 Å². The van der Waals surface area contributed by atoms with Gasteiger partial charge in [-0.1, -0.05) is 32.3 Å². The molecule has 0 aliphatic heterocycles. The van der Waals surface area contributed by atoms with Crippen LogP contribution in [0.1, 0.15) is 44.2 Å². The van der Waals surface area contributed by atoms with E-state index in [0.29, 0.717) is 0 Å². The van der Waals surface area contributed by atoms with Crippen molar-refractivity contribution in [1.29, 1.82) is 0 Å². The lowest BCUT2D eigenvalue weighted by Gasteiger charge is -2.16.